The molecule has 7 nitrogen and oxygen atoms in total. The summed E-state index contributed by atoms with van der Waals surface area (Å²) in [7, 11) is 1.45. The molecule has 2 aliphatic heterocycles. The number of methoxy groups -OCH3 is 1. The van der Waals surface area contributed by atoms with Crippen molar-refractivity contribution in [1.29, 1.82) is 0 Å². The van der Waals surface area contributed by atoms with Crippen LogP contribution in [0.3, 0.4) is 0 Å². The smallest absolute Gasteiger partial charge is 0.266 e. The average molecular weight is 451 g/mol. The van der Waals surface area contributed by atoms with Gasteiger partial charge in [-0.05, 0) is 48.0 Å². The number of amides is 2. The Morgan fingerprint density at radius 2 is 1.69 bits per heavy atom. The van der Waals surface area contributed by atoms with Gasteiger partial charge < -0.3 is 9.84 Å². The number of anilines is 2. The van der Waals surface area contributed by atoms with Gasteiger partial charge in [0.2, 0.25) is 5.91 Å². The van der Waals surface area contributed by atoms with Gasteiger partial charge in [-0.2, -0.15) is 0 Å². The first-order valence-corrected chi connectivity index (χ1v) is 10.4. The highest BCUT2D eigenvalue weighted by Crippen LogP contribution is 2.48. The van der Waals surface area contributed by atoms with Crippen molar-refractivity contribution in [2.24, 2.45) is 5.92 Å². The average Bonchev–Trinajstić information content (AvgIpc) is 3.31. The van der Waals surface area contributed by atoms with Gasteiger partial charge in [-0.25, -0.2) is 9.96 Å². The summed E-state index contributed by atoms with van der Waals surface area (Å²) in [5.41, 5.74) is 1.78. The van der Waals surface area contributed by atoms with Crippen LogP contribution in [0.5, 0.6) is 11.5 Å². The second kappa shape index (κ2) is 7.85. The first-order valence-electron chi connectivity index (χ1n) is 10.0. The van der Waals surface area contributed by atoms with Crippen molar-refractivity contribution in [2.75, 3.05) is 17.1 Å². The molecule has 8 heteroatoms. The van der Waals surface area contributed by atoms with E-state index in [0.717, 1.165) is 4.90 Å². The van der Waals surface area contributed by atoms with Gasteiger partial charge >= 0.3 is 0 Å². The second-order valence-corrected chi connectivity index (χ2v) is 8.02. The molecule has 3 atom stereocenters. The van der Waals surface area contributed by atoms with Crippen molar-refractivity contribution >= 4 is 34.8 Å². The standard InChI is InChI=1S/C24H19ClN2O5/c1-31-19-12-14(10-11-18(19)28)21-20-22(32-27(21)16-7-3-2-4-8-16)24(30)26(23(20)29)17-9-5-6-15(25)13-17/h2-13,20-22,28H,1H3/t20-,21-,22+/m1/s1. The number of rotatable bonds is 4. The van der Waals surface area contributed by atoms with E-state index >= 15 is 0 Å². The van der Waals surface area contributed by atoms with Crippen LogP contribution in [0, 0.1) is 5.92 Å². The third-order valence-corrected chi connectivity index (χ3v) is 5.97. The van der Waals surface area contributed by atoms with Crippen molar-refractivity contribution in [2.45, 2.75) is 12.1 Å². The van der Waals surface area contributed by atoms with Gasteiger partial charge in [-0.1, -0.05) is 41.9 Å². The highest BCUT2D eigenvalue weighted by atomic mass is 35.5. The van der Waals surface area contributed by atoms with Crippen LogP contribution in [-0.4, -0.2) is 30.1 Å². The number of hydrogen-bond acceptors (Lipinski definition) is 6. The van der Waals surface area contributed by atoms with Gasteiger partial charge in [0.15, 0.2) is 17.6 Å². The minimum absolute atomic E-state index is 0.0210. The van der Waals surface area contributed by atoms with E-state index in [1.54, 1.807) is 41.5 Å². The summed E-state index contributed by atoms with van der Waals surface area (Å²) in [5.74, 6) is -1.38. The van der Waals surface area contributed by atoms with Crippen LogP contribution >= 0.6 is 11.6 Å². The molecule has 32 heavy (non-hydrogen) atoms. The number of fused-ring (bicyclic) bond motifs is 1. The molecule has 0 aliphatic carbocycles. The Morgan fingerprint density at radius 3 is 2.41 bits per heavy atom. The summed E-state index contributed by atoms with van der Waals surface area (Å²) in [4.78, 5) is 34.1. The molecule has 0 spiro atoms. The van der Waals surface area contributed by atoms with E-state index in [0.29, 0.717) is 22.0 Å². The lowest BCUT2D eigenvalue weighted by molar-refractivity contribution is -0.126. The van der Waals surface area contributed by atoms with E-state index < -0.39 is 24.0 Å². The number of phenolic OH excluding ortho intramolecular Hbond substituents is 1. The zero-order chi connectivity index (χ0) is 22.4. The van der Waals surface area contributed by atoms with Crippen LogP contribution in [0.1, 0.15) is 11.6 Å². The summed E-state index contributed by atoms with van der Waals surface area (Å²) in [5, 5.41) is 12.1. The fraction of sp³-hybridized carbons (Fsp3) is 0.167. The predicted octanol–water partition coefficient (Wildman–Crippen LogP) is 4.11. The number of hydrogen-bond donors (Lipinski definition) is 1. The molecule has 2 amide bonds. The number of carbonyl (C=O) groups excluding carboxylic acids is 2. The number of nitrogens with zero attached hydrogens (tertiary/aromatic N) is 2. The highest BCUT2D eigenvalue weighted by Gasteiger charge is 2.60. The quantitative estimate of drug-likeness (QED) is 0.603. The molecule has 2 saturated heterocycles. The van der Waals surface area contributed by atoms with Crippen LogP contribution in [0.2, 0.25) is 5.02 Å². The summed E-state index contributed by atoms with van der Waals surface area (Å²) >= 11 is 6.09. The van der Waals surface area contributed by atoms with Crippen LogP contribution in [0.15, 0.2) is 72.8 Å². The van der Waals surface area contributed by atoms with E-state index in [1.165, 1.54) is 13.2 Å². The number of ether oxygens (including phenoxy) is 1. The molecule has 2 aliphatic rings. The summed E-state index contributed by atoms with van der Waals surface area (Å²) in [6.45, 7) is 0. The Morgan fingerprint density at radius 1 is 0.938 bits per heavy atom. The number of para-hydroxylation sites is 1. The van der Waals surface area contributed by atoms with Gasteiger partial charge in [-0.15, -0.1) is 0 Å². The normalized spacial score (nSPS) is 22.4. The number of benzene rings is 3. The Balaban J connectivity index is 1.61. The molecule has 3 aromatic rings. The van der Waals surface area contributed by atoms with Crippen molar-refractivity contribution in [3.63, 3.8) is 0 Å². The minimum atomic E-state index is -0.994. The lowest BCUT2D eigenvalue weighted by Crippen LogP contribution is -2.37. The predicted molar refractivity (Wildman–Crippen MR) is 119 cm³/mol. The van der Waals surface area contributed by atoms with Crippen molar-refractivity contribution < 1.29 is 24.3 Å². The van der Waals surface area contributed by atoms with E-state index in [1.807, 2.05) is 30.3 Å². The monoisotopic (exact) mass is 450 g/mol. The lowest BCUT2D eigenvalue weighted by Gasteiger charge is -2.29. The third kappa shape index (κ3) is 3.18. The largest absolute Gasteiger partial charge is 0.504 e. The maximum atomic E-state index is 13.6. The van der Waals surface area contributed by atoms with E-state index in [4.69, 9.17) is 21.2 Å². The second-order valence-electron chi connectivity index (χ2n) is 7.58. The van der Waals surface area contributed by atoms with Crippen molar-refractivity contribution in [1.82, 2.24) is 0 Å². The number of imide groups is 1. The molecule has 0 unspecified atom stereocenters. The fourth-order valence-corrected chi connectivity index (χ4v) is 4.48. The Hall–Kier alpha value is -3.55. The Kier molecular flexibility index (Phi) is 5.00. The van der Waals surface area contributed by atoms with Gasteiger partial charge in [0.25, 0.3) is 5.91 Å². The Labute approximate surface area is 189 Å². The van der Waals surface area contributed by atoms with Crippen molar-refractivity contribution in [3.05, 3.63) is 83.4 Å². The molecular formula is C24H19ClN2O5. The highest BCUT2D eigenvalue weighted by molar-refractivity contribution is 6.31. The molecule has 2 heterocycles. The summed E-state index contributed by atoms with van der Waals surface area (Å²) < 4.78 is 5.26. The topological polar surface area (TPSA) is 79.3 Å². The zero-order valence-electron chi connectivity index (χ0n) is 17.0. The number of halogens is 1. The van der Waals surface area contributed by atoms with Crippen LogP contribution < -0.4 is 14.7 Å². The fourth-order valence-electron chi connectivity index (χ4n) is 4.30. The van der Waals surface area contributed by atoms with Crippen LogP contribution in [0.4, 0.5) is 11.4 Å². The first-order chi connectivity index (χ1) is 15.5. The molecule has 3 aromatic carbocycles. The van der Waals surface area contributed by atoms with Gasteiger partial charge in [-0.3, -0.25) is 14.4 Å². The first kappa shape index (κ1) is 20.4. The van der Waals surface area contributed by atoms with Crippen LogP contribution in [-0.2, 0) is 14.4 Å². The molecular weight excluding hydrogens is 432 g/mol. The van der Waals surface area contributed by atoms with Gasteiger partial charge in [0.05, 0.1) is 24.5 Å². The lowest BCUT2D eigenvalue weighted by atomic mass is 9.90. The molecule has 0 aromatic heterocycles. The maximum Gasteiger partial charge on any atom is 0.266 e. The van der Waals surface area contributed by atoms with E-state index in [2.05, 4.69) is 0 Å². The molecule has 162 valence electrons. The molecule has 5 rings (SSSR count). The van der Waals surface area contributed by atoms with Gasteiger partial charge in [0.1, 0.15) is 5.92 Å². The van der Waals surface area contributed by atoms with E-state index in [9.17, 15) is 14.7 Å². The Bertz CT molecular complexity index is 1200. The number of phenols is 1. The third-order valence-electron chi connectivity index (χ3n) is 5.74. The number of hydroxylamine groups is 1. The number of aromatic hydroxyl groups is 1. The maximum absolute atomic E-state index is 13.6. The van der Waals surface area contributed by atoms with Crippen molar-refractivity contribution in [3.8, 4) is 11.5 Å². The zero-order valence-corrected chi connectivity index (χ0v) is 17.8. The molecule has 0 radical (unpaired) electrons. The molecule has 0 saturated carbocycles. The molecule has 2 fully saturated rings. The SMILES string of the molecule is COc1cc([C@@H]2[C@H]3C(=O)N(c4cccc(Cl)c4)C(=O)[C@H]3ON2c2ccccc2)ccc1O. The van der Waals surface area contributed by atoms with Crippen LogP contribution in [0.25, 0.3) is 0 Å². The minimum Gasteiger partial charge on any atom is -0.504 e. The van der Waals surface area contributed by atoms with Gasteiger partial charge in [0, 0.05) is 5.02 Å². The molecule has 0 bridgehead atoms. The summed E-state index contributed by atoms with van der Waals surface area (Å²) in [6, 6.07) is 20.1. The molecule has 1 N–H and O–H groups in total. The number of carbonyl (C=O) groups is 2. The summed E-state index contributed by atoms with van der Waals surface area (Å²) in [6.07, 6.45) is -0.994. The van der Waals surface area contributed by atoms with E-state index in [-0.39, 0.29) is 17.4 Å².